The summed E-state index contributed by atoms with van der Waals surface area (Å²) < 4.78 is 4.89. The van der Waals surface area contributed by atoms with E-state index in [4.69, 9.17) is 4.74 Å². The molecule has 0 amide bonds. The molecule has 1 N–H and O–H groups in total. The lowest BCUT2D eigenvalue weighted by molar-refractivity contribution is -0.143. The van der Waals surface area contributed by atoms with E-state index in [1.165, 1.54) is 13.0 Å². The van der Waals surface area contributed by atoms with Crippen LogP contribution in [0.1, 0.15) is 32.6 Å². The summed E-state index contributed by atoms with van der Waals surface area (Å²) >= 11 is 0. The van der Waals surface area contributed by atoms with Crippen molar-refractivity contribution in [2.45, 2.75) is 32.6 Å². The Balaban J connectivity index is 1.99. The van der Waals surface area contributed by atoms with Crippen LogP contribution in [-0.4, -0.2) is 50.2 Å². The van der Waals surface area contributed by atoms with Gasteiger partial charge in [-0.1, -0.05) is 0 Å². The van der Waals surface area contributed by atoms with Gasteiger partial charge in [0.15, 0.2) is 0 Å². The minimum Gasteiger partial charge on any atom is -0.466 e. The summed E-state index contributed by atoms with van der Waals surface area (Å²) in [6, 6.07) is 0. The summed E-state index contributed by atoms with van der Waals surface area (Å²) in [5, 5.41) is 3.39. The van der Waals surface area contributed by atoms with Gasteiger partial charge in [-0.3, -0.25) is 4.79 Å². The van der Waals surface area contributed by atoms with Crippen LogP contribution in [0.25, 0.3) is 0 Å². The van der Waals surface area contributed by atoms with Crippen LogP contribution in [0.3, 0.4) is 0 Å². The molecule has 0 spiro atoms. The van der Waals surface area contributed by atoms with Gasteiger partial charge in [-0.25, -0.2) is 0 Å². The highest BCUT2D eigenvalue weighted by Crippen LogP contribution is 2.02. The van der Waals surface area contributed by atoms with Crippen molar-refractivity contribution in [3.63, 3.8) is 0 Å². The molecule has 0 saturated carbocycles. The number of nitrogens with zero attached hydrogens (tertiary/aromatic N) is 1. The van der Waals surface area contributed by atoms with Crippen LogP contribution < -0.4 is 5.32 Å². The van der Waals surface area contributed by atoms with Crippen molar-refractivity contribution < 1.29 is 9.53 Å². The second-order valence-corrected chi connectivity index (χ2v) is 4.21. The first-order valence-corrected chi connectivity index (χ1v) is 6.41. The second kappa shape index (κ2) is 8.53. The van der Waals surface area contributed by atoms with Crippen LogP contribution in [0.5, 0.6) is 0 Å². The second-order valence-electron chi connectivity index (χ2n) is 4.21. The van der Waals surface area contributed by atoms with Crippen molar-refractivity contribution in [3.05, 3.63) is 0 Å². The van der Waals surface area contributed by atoms with Gasteiger partial charge in [0.25, 0.3) is 0 Å². The number of carbonyl (C=O) groups is 1. The summed E-state index contributed by atoms with van der Waals surface area (Å²) in [4.78, 5) is 13.6. The number of esters is 1. The number of ether oxygens (including phenoxy) is 1. The molecule has 4 heteroatoms. The lowest BCUT2D eigenvalue weighted by Gasteiger charge is -2.18. The molecule has 0 aromatic carbocycles. The van der Waals surface area contributed by atoms with Crippen LogP contribution in [0.15, 0.2) is 0 Å². The highest BCUT2D eigenvalue weighted by molar-refractivity contribution is 5.69. The van der Waals surface area contributed by atoms with Gasteiger partial charge in [0.2, 0.25) is 0 Å². The van der Waals surface area contributed by atoms with Crippen LogP contribution in [0.2, 0.25) is 0 Å². The van der Waals surface area contributed by atoms with Crippen LogP contribution in [0.4, 0.5) is 0 Å². The Labute approximate surface area is 98.3 Å². The predicted octanol–water partition coefficient (Wildman–Crippen LogP) is 1.02. The van der Waals surface area contributed by atoms with Gasteiger partial charge in [0.1, 0.15) is 0 Å². The largest absolute Gasteiger partial charge is 0.466 e. The van der Waals surface area contributed by atoms with E-state index in [9.17, 15) is 4.79 Å². The van der Waals surface area contributed by atoms with E-state index < -0.39 is 0 Å². The molecule has 1 fully saturated rings. The average molecular weight is 228 g/mol. The molecule has 0 bridgehead atoms. The molecule has 0 aromatic rings. The van der Waals surface area contributed by atoms with Gasteiger partial charge in [-0.2, -0.15) is 0 Å². The molecule has 0 aliphatic carbocycles. The highest BCUT2D eigenvalue weighted by Gasteiger charge is 2.08. The summed E-state index contributed by atoms with van der Waals surface area (Å²) in [5.41, 5.74) is 0. The van der Waals surface area contributed by atoms with E-state index in [1.54, 1.807) is 0 Å². The molecule has 0 unspecified atom stereocenters. The van der Waals surface area contributed by atoms with E-state index in [1.807, 2.05) is 6.92 Å². The Morgan fingerprint density at radius 1 is 1.31 bits per heavy atom. The normalized spacial score (nSPS) is 18.1. The number of unbranched alkanes of at least 4 members (excludes halogenated alkanes) is 1. The smallest absolute Gasteiger partial charge is 0.305 e. The maximum Gasteiger partial charge on any atom is 0.305 e. The minimum atomic E-state index is -0.0555. The van der Waals surface area contributed by atoms with Gasteiger partial charge < -0.3 is 15.0 Å². The number of hydrogen-bond donors (Lipinski definition) is 1. The van der Waals surface area contributed by atoms with Crippen LogP contribution in [-0.2, 0) is 9.53 Å². The van der Waals surface area contributed by atoms with Gasteiger partial charge in [-0.15, -0.1) is 0 Å². The monoisotopic (exact) mass is 228 g/mol. The molecule has 4 nitrogen and oxygen atoms in total. The zero-order valence-corrected chi connectivity index (χ0v) is 10.3. The summed E-state index contributed by atoms with van der Waals surface area (Å²) in [6.45, 7) is 8.02. The number of nitrogens with one attached hydrogen (secondary N) is 1. The van der Waals surface area contributed by atoms with Crippen molar-refractivity contribution in [2.75, 3.05) is 39.3 Å². The first kappa shape index (κ1) is 13.5. The van der Waals surface area contributed by atoms with Gasteiger partial charge in [0.05, 0.1) is 6.61 Å². The zero-order valence-electron chi connectivity index (χ0n) is 10.3. The summed E-state index contributed by atoms with van der Waals surface area (Å²) in [7, 11) is 0. The van der Waals surface area contributed by atoms with E-state index in [0.29, 0.717) is 13.0 Å². The Kier molecular flexibility index (Phi) is 7.17. The number of hydrogen-bond acceptors (Lipinski definition) is 4. The standard InChI is InChI=1S/C12H24N2O2/c1-2-16-12(15)6-3-4-9-14-10-5-7-13-8-11-14/h13H,2-11H2,1H3. The molecule has 0 atom stereocenters. The molecule has 1 aliphatic heterocycles. The number of carbonyl (C=O) groups excluding carboxylic acids is 1. The van der Waals surface area contributed by atoms with E-state index >= 15 is 0 Å². The van der Waals surface area contributed by atoms with Crippen molar-refractivity contribution in [1.82, 2.24) is 10.2 Å². The van der Waals surface area contributed by atoms with Gasteiger partial charge in [-0.05, 0) is 45.8 Å². The average Bonchev–Trinajstić information content (AvgIpc) is 2.53. The Morgan fingerprint density at radius 2 is 2.19 bits per heavy atom. The fourth-order valence-electron chi connectivity index (χ4n) is 1.96. The zero-order chi connectivity index (χ0) is 11.6. The molecule has 0 radical (unpaired) electrons. The first-order chi connectivity index (χ1) is 7.83. The maximum atomic E-state index is 11.1. The molecule has 94 valence electrons. The predicted molar refractivity (Wildman–Crippen MR) is 64.4 cm³/mol. The topological polar surface area (TPSA) is 41.6 Å². The molecule has 16 heavy (non-hydrogen) atoms. The fourth-order valence-corrected chi connectivity index (χ4v) is 1.96. The molecule has 1 aliphatic rings. The summed E-state index contributed by atoms with van der Waals surface area (Å²) in [5.74, 6) is -0.0555. The van der Waals surface area contributed by atoms with Crippen molar-refractivity contribution in [1.29, 1.82) is 0 Å². The molecule has 1 heterocycles. The van der Waals surface area contributed by atoms with Gasteiger partial charge >= 0.3 is 5.97 Å². The lowest BCUT2D eigenvalue weighted by Crippen LogP contribution is -2.29. The SMILES string of the molecule is CCOC(=O)CCCCN1CCCNCC1. The highest BCUT2D eigenvalue weighted by atomic mass is 16.5. The molecule has 1 saturated heterocycles. The Morgan fingerprint density at radius 3 is 3.00 bits per heavy atom. The van der Waals surface area contributed by atoms with E-state index in [-0.39, 0.29) is 5.97 Å². The van der Waals surface area contributed by atoms with Crippen molar-refractivity contribution >= 4 is 5.97 Å². The Bertz CT molecular complexity index is 189. The molecule has 1 rings (SSSR count). The van der Waals surface area contributed by atoms with Crippen LogP contribution >= 0.6 is 0 Å². The third kappa shape index (κ3) is 6.08. The van der Waals surface area contributed by atoms with Crippen molar-refractivity contribution in [3.8, 4) is 0 Å². The number of rotatable bonds is 6. The fraction of sp³-hybridized carbons (Fsp3) is 0.917. The third-order valence-corrected chi connectivity index (χ3v) is 2.84. The molecule has 0 aromatic heterocycles. The Hall–Kier alpha value is -0.610. The lowest BCUT2D eigenvalue weighted by atomic mass is 10.2. The van der Waals surface area contributed by atoms with Gasteiger partial charge in [0, 0.05) is 19.5 Å². The van der Waals surface area contributed by atoms with E-state index in [2.05, 4.69) is 10.2 Å². The molecular weight excluding hydrogens is 204 g/mol. The third-order valence-electron chi connectivity index (χ3n) is 2.84. The van der Waals surface area contributed by atoms with Crippen LogP contribution in [0, 0.1) is 0 Å². The van der Waals surface area contributed by atoms with Crippen molar-refractivity contribution in [2.24, 2.45) is 0 Å². The molecular formula is C12H24N2O2. The summed E-state index contributed by atoms with van der Waals surface area (Å²) in [6.07, 6.45) is 3.85. The quantitative estimate of drug-likeness (QED) is 0.544. The first-order valence-electron chi connectivity index (χ1n) is 6.41. The van der Waals surface area contributed by atoms with E-state index in [0.717, 1.165) is 39.0 Å². The minimum absolute atomic E-state index is 0.0555. The maximum absolute atomic E-state index is 11.1.